The van der Waals surface area contributed by atoms with Crippen LogP contribution in [0.3, 0.4) is 0 Å². The Bertz CT molecular complexity index is 697. The third-order valence-electron chi connectivity index (χ3n) is 4.85. The van der Waals surface area contributed by atoms with Gasteiger partial charge < -0.3 is 19.7 Å². The van der Waals surface area contributed by atoms with Crippen molar-refractivity contribution in [2.45, 2.75) is 31.9 Å². The highest BCUT2D eigenvalue weighted by atomic mass is 16.5. The largest absolute Gasteiger partial charge is 0.497 e. The Morgan fingerprint density at radius 3 is 2.41 bits per heavy atom. The van der Waals surface area contributed by atoms with Gasteiger partial charge in [-0.25, -0.2) is 4.79 Å². The van der Waals surface area contributed by atoms with Crippen molar-refractivity contribution in [1.29, 1.82) is 0 Å². The monoisotopic (exact) mass is 368 g/mol. The van der Waals surface area contributed by atoms with Gasteiger partial charge >= 0.3 is 6.09 Å². The molecule has 1 saturated heterocycles. The van der Waals surface area contributed by atoms with Gasteiger partial charge in [0.1, 0.15) is 12.4 Å². The summed E-state index contributed by atoms with van der Waals surface area (Å²) in [6.07, 6.45) is 2.86. The Kier molecular flexibility index (Phi) is 7.11. The van der Waals surface area contributed by atoms with Gasteiger partial charge in [-0.2, -0.15) is 0 Å². The molecule has 0 aliphatic carbocycles. The van der Waals surface area contributed by atoms with Crippen molar-refractivity contribution in [1.82, 2.24) is 10.2 Å². The molecule has 2 aromatic carbocycles. The molecular weight excluding hydrogens is 340 g/mol. The first-order chi connectivity index (χ1) is 13.2. The molecule has 2 aromatic rings. The summed E-state index contributed by atoms with van der Waals surface area (Å²) in [5.41, 5.74) is 2.15. The highest BCUT2D eigenvalue weighted by Gasteiger charge is 2.20. The molecule has 5 heteroatoms. The van der Waals surface area contributed by atoms with E-state index in [-0.39, 0.29) is 18.7 Å². The normalized spacial score (nSPS) is 15.3. The molecule has 144 valence electrons. The number of hydrogen-bond acceptors (Lipinski definition) is 4. The van der Waals surface area contributed by atoms with Crippen LogP contribution in [0.25, 0.3) is 0 Å². The Balaban J connectivity index is 1.57. The van der Waals surface area contributed by atoms with Gasteiger partial charge in [-0.3, -0.25) is 0 Å². The van der Waals surface area contributed by atoms with Gasteiger partial charge in [0.2, 0.25) is 0 Å². The number of hydrogen-bond donors (Lipinski definition) is 1. The van der Waals surface area contributed by atoms with Crippen LogP contribution >= 0.6 is 0 Å². The van der Waals surface area contributed by atoms with E-state index in [4.69, 9.17) is 9.47 Å². The van der Waals surface area contributed by atoms with Gasteiger partial charge in [0.25, 0.3) is 0 Å². The van der Waals surface area contributed by atoms with E-state index in [0.29, 0.717) is 0 Å². The molecule has 1 aliphatic heterocycles. The maximum Gasteiger partial charge on any atom is 0.407 e. The Hall–Kier alpha value is -2.53. The quantitative estimate of drug-likeness (QED) is 0.773. The third-order valence-corrected chi connectivity index (χ3v) is 4.85. The minimum Gasteiger partial charge on any atom is -0.497 e. The Morgan fingerprint density at radius 2 is 1.74 bits per heavy atom. The average Bonchev–Trinajstić information content (AvgIpc) is 3.21. The molecule has 1 atom stereocenters. The number of rotatable bonds is 8. The Labute approximate surface area is 161 Å². The van der Waals surface area contributed by atoms with Crippen LogP contribution in [0.4, 0.5) is 4.79 Å². The lowest BCUT2D eigenvalue weighted by atomic mass is 10.1. The van der Waals surface area contributed by atoms with Crippen LogP contribution in [0.5, 0.6) is 5.75 Å². The lowest BCUT2D eigenvalue weighted by Gasteiger charge is -2.24. The van der Waals surface area contributed by atoms with E-state index in [1.54, 1.807) is 7.11 Å². The summed E-state index contributed by atoms with van der Waals surface area (Å²) in [6.45, 7) is 3.32. The first-order valence-electron chi connectivity index (χ1n) is 9.55. The summed E-state index contributed by atoms with van der Waals surface area (Å²) in [5.74, 6) is 0.838. The molecule has 0 spiro atoms. The first kappa shape index (κ1) is 19.2. The van der Waals surface area contributed by atoms with Crippen molar-refractivity contribution in [2.75, 3.05) is 26.7 Å². The fourth-order valence-electron chi connectivity index (χ4n) is 3.42. The summed E-state index contributed by atoms with van der Waals surface area (Å²) in [7, 11) is 1.66. The van der Waals surface area contributed by atoms with Gasteiger partial charge in [0.05, 0.1) is 7.11 Å². The zero-order valence-corrected chi connectivity index (χ0v) is 15.9. The van der Waals surface area contributed by atoms with Crippen LogP contribution in [0.15, 0.2) is 54.6 Å². The number of amides is 1. The van der Waals surface area contributed by atoms with Crippen molar-refractivity contribution < 1.29 is 14.3 Å². The van der Waals surface area contributed by atoms with Crippen molar-refractivity contribution in [3.05, 3.63) is 65.7 Å². The molecular formula is C22H28N2O3. The molecule has 0 saturated carbocycles. The highest BCUT2D eigenvalue weighted by Crippen LogP contribution is 2.15. The van der Waals surface area contributed by atoms with Gasteiger partial charge in [-0.1, -0.05) is 42.5 Å². The molecule has 1 N–H and O–H groups in total. The van der Waals surface area contributed by atoms with Crippen molar-refractivity contribution in [3.63, 3.8) is 0 Å². The number of nitrogens with zero attached hydrogens (tertiary/aromatic N) is 1. The van der Waals surface area contributed by atoms with Crippen molar-refractivity contribution >= 4 is 6.09 Å². The van der Waals surface area contributed by atoms with Crippen molar-refractivity contribution in [3.8, 4) is 5.75 Å². The molecule has 0 unspecified atom stereocenters. The molecule has 0 aromatic heterocycles. The van der Waals surface area contributed by atoms with E-state index in [1.807, 2.05) is 54.6 Å². The minimum absolute atomic E-state index is 0.0137. The lowest BCUT2D eigenvalue weighted by Crippen LogP contribution is -2.44. The predicted molar refractivity (Wildman–Crippen MR) is 106 cm³/mol. The highest BCUT2D eigenvalue weighted by molar-refractivity contribution is 5.67. The van der Waals surface area contributed by atoms with E-state index in [9.17, 15) is 4.79 Å². The number of nitrogens with one attached hydrogen (secondary N) is 1. The predicted octanol–water partition coefficient (Wildman–Crippen LogP) is 3.63. The van der Waals surface area contributed by atoms with Gasteiger partial charge in [0, 0.05) is 12.6 Å². The minimum atomic E-state index is -0.364. The zero-order valence-electron chi connectivity index (χ0n) is 15.9. The van der Waals surface area contributed by atoms with Crippen LogP contribution in [-0.4, -0.2) is 43.8 Å². The average molecular weight is 368 g/mol. The lowest BCUT2D eigenvalue weighted by molar-refractivity contribution is 0.132. The number of carbonyl (C=O) groups excluding carboxylic acids is 1. The van der Waals surface area contributed by atoms with E-state index < -0.39 is 0 Å². The number of ether oxygens (including phenoxy) is 2. The fourth-order valence-corrected chi connectivity index (χ4v) is 3.42. The second-order valence-electron chi connectivity index (χ2n) is 6.96. The number of carbonyl (C=O) groups is 1. The number of likely N-dealkylation sites (tertiary alicyclic amines) is 1. The van der Waals surface area contributed by atoms with E-state index in [1.165, 1.54) is 18.4 Å². The molecule has 1 fully saturated rings. The van der Waals surface area contributed by atoms with Crippen LogP contribution in [0.1, 0.15) is 24.0 Å². The van der Waals surface area contributed by atoms with Crippen LogP contribution in [0.2, 0.25) is 0 Å². The van der Waals surface area contributed by atoms with E-state index in [2.05, 4.69) is 10.2 Å². The maximum atomic E-state index is 12.3. The number of alkyl carbamates (subject to hydrolysis) is 1. The summed E-state index contributed by atoms with van der Waals surface area (Å²) in [5, 5.41) is 3.06. The summed E-state index contributed by atoms with van der Waals surface area (Å²) in [6, 6.07) is 17.8. The number of methoxy groups -OCH3 is 1. The van der Waals surface area contributed by atoms with Crippen LogP contribution in [0, 0.1) is 0 Å². The smallest absolute Gasteiger partial charge is 0.407 e. The standard InChI is InChI=1S/C22H28N2O3/c1-26-21-11-9-18(10-12-21)15-20(16-24-13-5-6-14-24)23-22(25)27-17-19-7-3-2-4-8-19/h2-4,7-12,20H,5-6,13-17H2,1H3,(H,23,25)/t20-/m0/s1. The van der Waals surface area contributed by atoms with Crippen molar-refractivity contribution in [2.24, 2.45) is 0 Å². The Morgan fingerprint density at radius 1 is 1.04 bits per heavy atom. The molecule has 0 bridgehead atoms. The molecule has 27 heavy (non-hydrogen) atoms. The summed E-state index contributed by atoms with van der Waals surface area (Å²) < 4.78 is 10.6. The van der Waals surface area contributed by atoms with Gasteiger partial charge in [-0.15, -0.1) is 0 Å². The topological polar surface area (TPSA) is 50.8 Å². The maximum absolute atomic E-state index is 12.3. The molecule has 1 heterocycles. The summed E-state index contributed by atoms with van der Waals surface area (Å²) >= 11 is 0. The third kappa shape index (κ3) is 6.29. The number of benzene rings is 2. The molecule has 1 amide bonds. The SMILES string of the molecule is COc1ccc(C[C@@H](CN2CCCC2)NC(=O)OCc2ccccc2)cc1. The first-order valence-corrected chi connectivity index (χ1v) is 9.55. The second-order valence-corrected chi connectivity index (χ2v) is 6.96. The molecule has 5 nitrogen and oxygen atoms in total. The second kappa shape index (κ2) is 9.97. The van der Waals surface area contributed by atoms with E-state index >= 15 is 0 Å². The molecule has 1 aliphatic rings. The molecule has 0 radical (unpaired) electrons. The summed E-state index contributed by atoms with van der Waals surface area (Å²) in [4.78, 5) is 14.7. The van der Waals surface area contributed by atoms with Crippen LogP contribution < -0.4 is 10.1 Å². The molecule has 3 rings (SSSR count). The van der Waals surface area contributed by atoms with Crippen LogP contribution in [-0.2, 0) is 17.8 Å². The zero-order chi connectivity index (χ0) is 18.9. The van der Waals surface area contributed by atoms with Gasteiger partial charge in [-0.05, 0) is 55.6 Å². The fraction of sp³-hybridized carbons (Fsp3) is 0.409. The van der Waals surface area contributed by atoms with Gasteiger partial charge in [0.15, 0.2) is 0 Å². The van der Waals surface area contributed by atoms with E-state index in [0.717, 1.165) is 37.4 Å².